The van der Waals surface area contributed by atoms with Gasteiger partial charge in [0.05, 0.1) is 29.5 Å². The van der Waals surface area contributed by atoms with Gasteiger partial charge in [-0.2, -0.15) is 0 Å². The average molecular weight is 625 g/mol. The monoisotopic (exact) mass is 624 g/mol. The van der Waals surface area contributed by atoms with E-state index in [4.69, 9.17) is 22.7 Å². The molecule has 2 aromatic rings. The Morgan fingerprint density at radius 1 is 1.07 bits per heavy atom. The second-order valence-corrected chi connectivity index (χ2v) is 11.0. The molecule has 234 valence electrons. The van der Waals surface area contributed by atoms with Crippen molar-refractivity contribution in [2.24, 2.45) is 5.73 Å². The molecule has 0 bridgehead atoms. The van der Waals surface area contributed by atoms with Gasteiger partial charge >= 0.3 is 6.09 Å². The van der Waals surface area contributed by atoms with Crippen LogP contribution < -0.4 is 26.2 Å². The molecule has 2 aliphatic rings. The summed E-state index contributed by atoms with van der Waals surface area (Å²) in [5, 5.41) is 5.74. The van der Waals surface area contributed by atoms with E-state index in [0.717, 1.165) is 11.8 Å². The molecular weight excluding hydrogens is 587 g/mol. The minimum absolute atomic E-state index is 0.0770. The van der Waals surface area contributed by atoms with Crippen molar-refractivity contribution in [3.05, 3.63) is 71.7 Å². The summed E-state index contributed by atoms with van der Waals surface area (Å²) in [5.41, 5.74) is 7.32. The summed E-state index contributed by atoms with van der Waals surface area (Å²) in [6, 6.07) is 11.5. The van der Waals surface area contributed by atoms with Crippen molar-refractivity contribution in [2.45, 2.75) is 38.8 Å². The maximum atomic E-state index is 15.2. The van der Waals surface area contributed by atoms with Crippen LogP contribution in [-0.4, -0.2) is 79.0 Å². The first-order valence-corrected chi connectivity index (χ1v) is 14.9. The number of nitrogens with two attached hydrogens (primary N) is 1. The van der Waals surface area contributed by atoms with Gasteiger partial charge in [-0.05, 0) is 36.4 Å². The number of cyclic esters (lactones) is 1. The predicted molar refractivity (Wildman–Crippen MR) is 169 cm³/mol. The molecule has 44 heavy (non-hydrogen) atoms. The number of carbonyl (C=O) groups is 4. The number of nitrogens with zero attached hydrogens (tertiary/aromatic N) is 3. The third-order valence-corrected chi connectivity index (χ3v) is 7.93. The summed E-state index contributed by atoms with van der Waals surface area (Å²) < 4.78 is 20.6. The van der Waals surface area contributed by atoms with Crippen LogP contribution in [0.5, 0.6) is 0 Å². The van der Waals surface area contributed by atoms with Crippen molar-refractivity contribution in [2.75, 3.05) is 49.1 Å². The van der Waals surface area contributed by atoms with Gasteiger partial charge in [0.15, 0.2) is 5.78 Å². The van der Waals surface area contributed by atoms with Crippen molar-refractivity contribution in [1.82, 2.24) is 15.5 Å². The number of anilines is 2. The largest absolute Gasteiger partial charge is 0.442 e. The van der Waals surface area contributed by atoms with E-state index in [9.17, 15) is 19.2 Å². The fraction of sp³-hybridized carbons (Fsp3) is 0.387. The van der Waals surface area contributed by atoms with Crippen LogP contribution in [0.4, 0.5) is 20.6 Å². The summed E-state index contributed by atoms with van der Waals surface area (Å²) in [6.07, 6.45) is 2.32. The van der Waals surface area contributed by atoms with E-state index < -0.39 is 11.9 Å². The zero-order valence-electron chi connectivity index (χ0n) is 24.6. The van der Waals surface area contributed by atoms with Crippen LogP contribution in [0.15, 0.2) is 54.7 Å². The van der Waals surface area contributed by atoms with Gasteiger partial charge in [0.25, 0.3) is 0 Å². The summed E-state index contributed by atoms with van der Waals surface area (Å²) in [5.74, 6) is -1.04. The van der Waals surface area contributed by atoms with Crippen LogP contribution in [0.2, 0.25) is 0 Å². The Balaban J connectivity index is 1.22. The van der Waals surface area contributed by atoms with Crippen LogP contribution in [0.25, 0.3) is 0 Å². The second-order valence-electron chi connectivity index (χ2n) is 10.5. The number of piperazine rings is 1. The van der Waals surface area contributed by atoms with Gasteiger partial charge in [-0.3, -0.25) is 19.3 Å². The Morgan fingerprint density at radius 3 is 2.45 bits per heavy atom. The number of halogens is 1. The Hall–Kier alpha value is -4.52. The molecule has 11 nitrogen and oxygen atoms in total. The Labute approximate surface area is 261 Å². The van der Waals surface area contributed by atoms with E-state index in [0.29, 0.717) is 74.2 Å². The summed E-state index contributed by atoms with van der Waals surface area (Å²) in [4.78, 5) is 55.0. The molecule has 2 aromatic carbocycles. The van der Waals surface area contributed by atoms with Crippen molar-refractivity contribution >= 4 is 52.3 Å². The average Bonchev–Trinajstić information content (AvgIpc) is 3.41. The summed E-state index contributed by atoms with van der Waals surface area (Å²) in [7, 11) is 0. The first kappa shape index (κ1) is 32.4. The Kier molecular flexibility index (Phi) is 11.2. The normalized spacial score (nSPS) is 16.6. The molecule has 1 atom stereocenters. The number of hydrogen-bond acceptors (Lipinski definition) is 8. The maximum absolute atomic E-state index is 15.2. The lowest BCUT2D eigenvalue weighted by Crippen LogP contribution is -2.49. The van der Waals surface area contributed by atoms with Gasteiger partial charge in [-0.15, -0.1) is 0 Å². The number of thiocarbonyl (C=S) groups is 1. The maximum Gasteiger partial charge on any atom is 0.414 e. The third kappa shape index (κ3) is 8.53. The zero-order valence-corrected chi connectivity index (χ0v) is 25.4. The van der Waals surface area contributed by atoms with Crippen LogP contribution in [0, 0.1) is 5.82 Å². The lowest BCUT2D eigenvalue weighted by molar-refractivity contribution is -0.131. The Morgan fingerprint density at radius 2 is 1.80 bits per heavy atom. The van der Waals surface area contributed by atoms with Gasteiger partial charge in [-0.25, -0.2) is 9.18 Å². The van der Waals surface area contributed by atoms with Crippen LogP contribution in [0.1, 0.15) is 42.1 Å². The van der Waals surface area contributed by atoms with E-state index in [1.807, 2.05) is 11.8 Å². The van der Waals surface area contributed by atoms with E-state index in [1.54, 1.807) is 41.3 Å². The highest BCUT2D eigenvalue weighted by Crippen LogP contribution is 2.28. The minimum Gasteiger partial charge on any atom is -0.442 e. The molecular formula is C31H37FN6O5S. The van der Waals surface area contributed by atoms with E-state index in [2.05, 4.69) is 10.6 Å². The van der Waals surface area contributed by atoms with Gasteiger partial charge in [-0.1, -0.05) is 43.4 Å². The number of Topliss-reactive ketones (excluding diaryl/α,β-unsaturated/α-hetero) is 1. The van der Waals surface area contributed by atoms with Gasteiger partial charge < -0.3 is 30.9 Å². The van der Waals surface area contributed by atoms with Crippen LogP contribution in [-0.2, 0) is 20.9 Å². The zero-order chi connectivity index (χ0) is 31.6. The lowest BCUT2D eigenvalue weighted by atomic mass is 10.0. The minimum atomic E-state index is -0.532. The van der Waals surface area contributed by atoms with E-state index in [-0.39, 0.29) is 36.5 Å². The molecule has 0 spiro atoms. The van der Waals surface area contributed by atoms with Gasteiger partial charge in [0.2, 0.25) is 11.8 Å². The number of ketones is 1. The fourth-order valence-electron chi connectivity index (χ4n) is 4.98. The number of benzene rings is 2. The standard InChI is InChI=1S/C31H37FN6O5S/c1-2-29(44)35-19-24-20-38(31(42)43-24)23-7-8-26(25(32)17-23)36-13-15-37(16-14-36)30(41)10-9-27(39)22-5-3-21(4-6-22)18-34-28(40)11-12-33/h3-8,11-12,17,24H,2,9-10,13-16,18-20,33H2,1H3,(H,34,40)(H,35,44)/b12-11+/t24-/m0/s1. The highest BCUT2D eigenvalue weighted by atomic mass is 32.1. The van der Waals surface area contributed by atoms with Gasteiger partial charge in [0, 0.05) is 57.2 Å². The smallest absolute Gasteiger partial charge is 0.414 e. The Bertz CT molecular complexity index is 1410. The van der Waals surface area contributed by atoms with E-state index in [1.165, 1.54) is 17.0 Å². The summed E-state index contributed by atoms with van der Waals surface area (Å²) in [6.45, 7) is 4.61. The SMILES string of the molecule is CCC(=S)NC[C@H]1CN(c2ccc(N3CCN(C(=O)CCC(=O)c4ccc(CNC(=O)/C=C/N)cc4)CC3)c(F)c2)C(=O)O1. The van der Waals surface area contributed by atoms with Crippen LogP contribution >= 0.6 is 12.2 Å². The van der Waals surface area contributed by atoms with E-state index >= 15 is 4.39 Å². The molecule has 2 aliphatic heterocycles. The molecule has 0 radical (unpaired) electrons. The molecule has 4 rings (SSSR count). The number of nitrogens with one attached hydrogen (secondary N) is 2. The highest BCUT2D eigenvalue weighted by Gasteiger charge is 2.33. The first-order chi connectivity index (χ1) is 21.2. The third-order valence-electron chi connectivity index (χ3n) is 7.49. The fourth-order valence-corrected chi connectivity index (χ4v) is 5.06. The molecule has 13 heteroatoms. The number of carbonyl (C=O) groups excluding carboxylic acids is 4. The lowest BCUT2D eigenvalue weighted by Gasteiger charge is -2.36. The van der Waals surface area contributed by atoms with Gasteiger partial charge in [0.1, 0.15) is 11.9 Å². The number of amides is 3. The predicted octanol–water partition coefficient (Wildman–Crippen LogP) is 2.88. The van der Waals surface area contributed by atoms with Crippen molar-refractivity contribution < 1.29 is 28.3 Å². The molecule has 0 aliphatic carbocycles. The van der Waals surface area contributed by atoms with Crippen molar-refractivity contribution in [3.8, 4) is 0 Å². The number of ether oxygens (including phenoxy) is 1. The topological polar surface area (TPSA) is 137 Å². The highest BCUT2D eigenvalue weighted by molar-refractivity contribution is 7.80. The quantitative estimate of drug-likeness (QED) is 0.185. The summed E-state index contributed by atoms with van der Waals surface area (Å²) >= 11 is 5.15. The molecule has 0 saturated carbocycles. The molecule has 2 fully saturated rings. The van der Waals surface area contributed by atoms with Crippen LogP contribution in [0.3, 0.4) is 0 Å². The molecule has 0 aromatic heterocycles. The molecule has 4 N–H and O–H groups in total. The van der Waals surface area contributed by atoms with Crippen molar-refractivity contribution in [1.29, 1.82) is 0 Å². The second kappa shape index (κ2) is 15.3. The first-order valence-electron chi connectivity index (χ1n) is 14.5. The molecule has 3 amide bonds. The van der Waals surface area contributed by atoms with Crippen molar-refractivity contribution in [3.63, 3.8) is 0 Å². The number of rotatable bonds is 12. The number of hydrogen-bond donors (Lipinski definition) is 3. The molecule has 0 unspecified atom stereocenters. The molecule has 2 heterocycles. The molecule has 2 saturated heterocycles.